The molecular formula is C112H174O24. The van der Waals surface area contributed by atoms with Crippen molar-refractivity contribution in [2.45, 2.75) is 387 Å². The summed E-state index contributed by atoms with van der Waals surface area (Å²) in [6.45, 7) is 44.7. The highest BCUT2D eigenvalue weighted by Crippen LogP contribution is 2.75. The van der Waals surface area contributed by atoms with E-state index in [0.717, 1.165) is 118 Å². The smallest absolute Gasteiger partial charge is 0.310 e. The first-order valence-corrected chi connectivity index (χ1v) is 53.2. The molecule has 0 heterocycles. The molecule has 10 bridgehead atoms. The molecule has 27 unspecified atom stereocenters. The fourth-order valence-corrected chi connectivity index (χ4v) is 33.2. The number of ether oxygens (including phenoxy) is 6. The van der Waals surface area contributed by atoms with E-state index in [-0.39, 0.29) is 64.2 Å². The zero-order valence-electron chi connectivity index (χ0n) is 87.0. The number of aliphatic carboxylic acids is 6. The Bertz CT molecular complexity index is 4430. The Hall–Kier alpha value is -6.88. The average Bonchev–Trinajstić information content (AvgIpc) is 1.53. The SMILES string of the molecule is CC(C(=O)O)C(C)C(=O)OC1(C)C2CC3CC(C2)CC1C3.CC(C(=O)O)C(C)C(=O)OC12CC3CC(C1)CC(C(=O)O)(C3)C2.CC(C)C1=CC2=CCC3C(C)(COC(=O)C(C)C(C)C(=O)O)CCCC3(C)C2CC1.CC(CCC(=O)O)C1CCC2C3CCC4C[C@H](OC(=O)C(C)C(C)C(=O)O)CCC4(C)C3CCC12C.COC(=O)C(C)C(C)C(=O)O[C@]1(C)CC[C@@]23CC1C(C)(C)C2CCC3C. The summed E-state index contributed by atoms with van der Waals surface area (Å²) in [6.07, 6.45) is 39.4. The normalized spacial score (nSPS) is 40.7. The summed E-state index contributed by atoms with van der Waals surface area (Å²) in [5.41, 5.74) is 2.31. The third kappa shape index (κ3) is 21.0. The van der Waals surface area contributed by atoms with Crippen LogP contribution in [0.2, 0.25) is 0 Å². The first-order chi connectivity index (χ1) is 63.3. The van der Waals surface area contributed by atoms with E-state index in [0.29, 0.717) is 107 Å². The molecule has 24 heteroatoms. The van der Waals surface area contributed by atoms with Gasteiger partial charge in [0.2, 0.25) is 0 Å². The monoisotopic (exact) mass is 1900 g/mol. The maximum absolute atomic E-state index is 12.8. The van der Waals surface area contributed by atoms with E-state index in [1.165, 1.54) is 129 Å². The number of rotatable bonds is 27. The van der Waals surface area contributed by atoms with Crippen molar-refractivity contribution in [2.75, 3.05) is 13.7 Å². The van der Waals surface area contributed by atoms with Crippen LogP contribution in [-0.4, -0.2) is 139 Å². The van der Waals surface area contributed by atoms with Crippen molar-refractivity contribution in [1.29, 1.82) is 0 Å². The lowest BCUT2D eigenvalue weighted by molar-refractivity contribution is -0.213. The molecule has 0 aliphatic heterocycles. The van der Waals surface area contributed by atoms with Crippen molar-refractivity contribution in [3.05, 3.63) is 23.3 Å². The number of esters is 6. The highest BCUT2D eigenvalue weighted by Gasteiger charge is 2.71. The molecule has 16 saturated carbocycles. The molecule has 16 fully saturated rings. The molecule has 24 nitrogen and oxygen atoms in total. The molecule has 136 heavy (non-hydrogen) atoms. The minimum absolute atomic E-state index is 0.0566. The number of carboxylic acid groups (broad SMARTS) is 6. The van der Waals surface area contributed by atoms with E-state index < -0.39 is 118 Å². The number of hydrogen-bond acceptors (Lipinski definition) is 18. The van der Waals surface area contributed by atoms with Gasteiger partial charge in [0.05, 0.1) is 78.3 Å². The number of carbonyl (C=O) groups excluding carboxylic acids is 6. The minimum atomic E-state index is -1.03. The average molecular weight is 1900 g/mol. The van der Waals surface area contributed by atoms with E-state index in [1.54, 1.807) is 67.9 Å². The maximum atomic E-state index is 12.8. The molecular weight excluding hydrogens is 1730 g/mol. The molecule has 766 valence electrons. The van der Waals surface area contributed by atoms with Crippen LogP contribution in [0.4, 0.5) is 0 Å². The van der Waals surface area contributed by atoms with Crippen LogP contribution in [0.1, 0.15) is 364 Å². The fourth-order valence-electron chi connectivity index (χ4n) is 33.2. The number of allylic oxidation sites excluding steroid dienone is 4. The highest BCUT2D eigenvalue weighted by molar-refractivity contribution is 5.84. The number of carbonyl (C=O) groups is 12. The summed E-state index contributed by atoms with van der Waals surface area (Å²) in [5.74, 6) is -3.35. The summed E-state index contributed by atoms with van der Waals surface area (Å²) in [4.78, 5) is 142. The van der Waals surface area contributed by atoms with Gasteiger partial charge in [-0.1, -0.05) is 163 Å². The van der Waals surface area contributed by atoms with Crippen LogP contribution in [0.3, 0.4) is 0 Å². The number of hydrogen-bond donors (Lipinski definition) is 6. The Morgan fingerprint density at radius 3 is 1.52 bits per heavy atom. The van der Waals surface area contributed by atoms with Crippen molar-refractivity contribution < 1.29 is 117 Å². The lowest BCUT2D eigenvalue weighted by Crippen LogP contribution is -2.60. The van der Waals surface area contributed by atoms with E-state index in [2.05, 4.69) is 95.2 Å². The summed E-state index contributed by atoms with van der Waals surface area (Å²) in [6, 6.07) is 0. The predicted molar refractivity (Wildman–Crippen MR) is 513 cm³/mol. The van der Waals surface area contributed by atoms with Crippen LogP contribution in [0.25, 0.3) is 0 Å². The second-order valence-corrected chi connectivity index (χ2v) is 50.6. The number of carboxylic acids is 6. The molecule has 0 aromatic rings. The zero-order chi connectivity index (χ0) is 101. The molecule has 1 spiro atoms. The Balaban J connectivity index is 0.000000155. The maximum Gasteiger partial charge on any atom is 0.310 e. The van der Waals surface area contributed by atoms with Crippen molar-refractivity contribution in [1.82, 2.24) is 0 Å². The lowest BCUT2D eigenvalue weighted by atomic mass is 9.44. The molecule has 18 rings (SSSR count). The Labute approximate surface area is 811 Å². The second-order valence-electron chi connectivity index (χ2n) is 50.6. The van der Waals surface area contributed by atoms with Crippen LogP contribution < -0.4 is 0 Å². The van der Waals surface area contributed by atoms with Crippen LogP contribution in [0, 0.1) is 204 Å². The van der Waals surface area contributed by atoms with Crippen molar-refractivity contribution in [3.63, 3.8) is 0 Å². The Morgan fingerprint density at radius 2 is 0.971 bits per heavy atom. The fraction of sp³-hybridized carbons (Fsp3) is 0.857. The summed E-state index contributed by atoms with van der Waals surface area (Å²) < 4.78 is 34.3. The van der Waals surface area contributed by atoms with Gasteiger partial charge in [-0.15, -0.1) is 0 Å². The van der Waals surface area contributed by atoms with E-state index in [4.69, 9.17) is 38.6 Å². The van der Waals surface area contributed by atoms with Gasteiger partial charge in [0.1, 0.15) is 22.9 Å². The third-order valence-electron chi connectivity index (χ3n) is 42.4. The first kappa shape index (κ1) is 108. The number of fused-ring (bicyclic) bond motifs is 9. The molecule has 0 aromatic heterocycles. The minimum Gasteiger partial charge on any atom is -0.481 e. The van der Waals surface area contributed by atoms with Gasteiger partial charge in [-0.05, 0) is 340 Å². The standard InChI is InChI=1S/C30H48O6.C26H40O4.C22H36O4.C17H24O6.C17H26O4/c1-17(6-11-26(31)32)23-9-10-24-22-8-7-20-16-21(36-28(35)19(3)18(2)27(33)34)12-14-29(20,4)25(22)13-15-30(23,24)5;1-16(2)19-8-10-21-20(14-19)9-11-22-25(5,12-7-13-26(21,22)6)15-30-24(29)18(4)17(3)23(27)28;1-13-8-9-16-20(4,5)17-12-22(13,16)11-10-21(17,6)26-19(24)15(3)14(2)18(23)25-7;1-9(13(18)19)10(2)14(20)23-17-6-11-3-12(7-17)5-16(4-11,8-17)15(21)22;1-9(15(18)19)10(2)16(20)21-17(3)13-5-11-4-12(7-13)8-14(17)6-11/h17-25H,6-16H2,1-5H3,(H,31,32)(H,33,34);9,14,16-18,21-22H,7-8,10-13,15H2,1-6H3,(H,27,28);13-17H,8-12H2,1-7H3;9-12H,3-8H2,1-2H3,(H,18,19)(H,21,22);9-14H,4-8H2,1-3H3,(H,18,19)/t17?,18?,19?,20?,21-,22?,23?,24?,25?,29?,30?;;13?,14?,15?,16?,17?,21-,22+;;/m1.1../s1. The summed E-state index contributed by atoms with van der Waals surface area (Å²) >= 11 is 0. The Morgan fingerprint density at radius 1 is 0.449 bits per heavy atom. The first-order valence-electron chi connectivity index (χ1n) is 53.2. The van der Waals surface area contributed by atoms with Gasteiger partial charge in [-0.25, -0.2) is 0 Å². The van der Waals surface area contributed by atoms with Crippen LogP contribution in [0.15, 0.2) is 23.3 Å². The quantitative estimate of drug-likeness (QED) is 0.0328. The Kier molecular flexibility index (Phi) is 32.7. The van der Waals surface area contributed by atoms with Gasteiger partial charge in [0.25, 0.3) is 0 Å². The zero-order valence-corrected chi connectivity index (χ0v) is 87.0. The van der Waals surface area contributed by atoms with Crippen LogP contribution >= 0.6 is 0 Å². The molecule has 30 atom stereocenters. The number of methoxy groups -OCH3 is 1. The topological polar surface area (TPSA) is 382 Å². The van der Waals surface area contributed by atoms with Crippen molar-refractivity contribution >= 4 is 71.6 Å². The van der Waals surface area contributed by atoms with Gasteiger partial charge in [0, 0.05) is 24.2 Å². The summed E-state index contributed by atoms with van der Waals surface area (Å²) in [7, 11) is 1.36. The van der Waals surface area contributed by atoms with E-state index >= 15 is 0 Å². The van der Waals surface area contributed by atoms with E-state index in [9.17, 15) is 78.0 Å². The van der Waals surface area contributed by atoms with Gasteiger partial charge >= 0.3 is 71.6 Å². The van der Waals surface area contributed by atoms with Gasteiger partial charge in [-0.3, -0.25) is 57.5 Å². The molecule has 0 aromatic carbocycles. The lowest BCUT2D eigenvalue weighted by Gasteiger charge is -2.61. The van der Waals surface area contributed by atoms with Crippen LogP contribution in [-0.2, 0) is 86.0 Å². The molecule has 6 N–H and O–H groups in total. The van der Waals surface area contributed by atoms with Gasteiger partial charge < -0.3 is 59.1 Å². The molecule has 18 aliphatic rings. The predicted octanol–water partition coefficient (Wildman–Crippen LogP) is 22.5. The summed E-state index contributed by atoms with van der Waals surface area (Å²) in [5, 5.41) is 55.4. The van der Waals surface area contributed by atoms with Crippen LogP contribution in [0.5, 0.6) is 0 Å². The highest BCUT2D eigenvalue weighted by atomic mass is 16.6. The van der Waals surface area contributed by atoms with Crippen molar-refractivity contribution in [3.8, 4) is 0 Å². The second kappa shape index (κ2) is 41.2. The van der Waals surface area contributed by atoms with Crippen molar-refractivity contribution in [2.24, 2.45) is 204 Å². The molecule has 0 amide bonds. The van der Waals surface area contributed by atoms with Gasteiger partial charge in [0.15, 0.2) is 0 Å². The van der Waals surface area contributed by atoms with E-state index in [1.807, 2.05) is 0 Å². The molecule has 0 radical (unpaired) electrons. The third-order valence-corrected chi connectivity index (χ3v) is 42.4. The van der Waals surface area contributed by atoms with Gasteiger partial charge in [-0.2, -0.15) is 0 Å². The molecule has 18 aliphatic carbocycles. The molecule has 0 saturated heterocycles. The largest absolute Gasteiger partial charge is 0.481 e.